The molecule has 0 aliphatic carbocycles. The summed E-state index contributed by atoms with van der Waals surface area (Å²) in [5.41, 5.74) is 0.0992. The number of hydrogen-bond donors (Lipinski definition) is 1. The van der Waals surface area contributed by atoms with Crippen LogP contribution in [0, 0.1) is 5.41 Å². The van der Waals surface area contributed by atoms with Crippen LogP contribution in [-0.4, -0.2) is 43.3 Å². The highest BCUT2D eigenvalue weighted by atomic mass is 16.5. The molecule has 1 N–H and O–H groups in total. The van der Waals surface area contributed by atoms with Crippen LogP contribution in [0.2, 0.25) is 0 Å². The zero-order valence-corrected chi connectivity index (χ0v) is 13.2. The van der Waals surface area contributed by atoms with Crippen molar-refractivity contribution >= 4 is 5.91 Å². The van der Waals surface area contributed by atoms with Crippen LogP contribution in [0.3, 0.4) is 0 Å². The molecule has 1 amide bonds. The summed E-state index contributed by atoms with van der Waals surface area (Å²) in [6, 6.07) is 0.00905. The van der Waals surface area contributed by atoms with Gasteiger partial charge in [0.15, 0.2) is 0 Å². The molecule has 2 unspecified atom stereocenters. The summed E-state index contributed by atoms with van der Waals surface area (Å²) < 4.78 is 5.17. The zero-order valence-electron chi connectivity index (χ0n) is 13.2. The Labute approximate surface area is 117 Å². The van der Waals surface area contributed by atoms with Crippen LogP contribution in [0.4, 0.5) is 0 Å². The fourth-order valence-corrected chi connectivity index (χ4v) is 2.66. The maximum atomic E-state index is 12.4. The Hall–Kier alpha value is -0.610. The number of amides is 1. The maximum Gasteiger partial charge on any atom is 0.241 e. The van der Waals surface area contributed by atoms with Crippen LogP contribution in [0.15, 0.2) is 0 Å². The third-order valence-corrected chi connectivity index (χ3v) is 3.90. The van der Waals surface area contributed by atoms with E-state index in [1.807, 2.05) is 4.90 Å². The first-order chi connectivity index (χ1) is 8.95. The lowest BCUT2D eigenvalue weighted by molar-refractivity contribution is -0.131. The second-order valence-corrected chi connectivity index (χ2v) is 6.31. The van der Waals surface area contributed by atoms with E-state index in [1.165, 1.54) is 0 Å². The van der Waals surface area contributed by atoms with Crippen LogP contribution >= 0.6 is 0 Å². The van der Waals surface area contributed by atoms with E-state index in [2.05, 4.69) is 33.0 Å². The highest BCUT2D eigenvalue weighted by Crippen LogP contribution is 2.26. The van der Waals surface area contributed by atoms with Gasteiger partial charge in [0.05, 0.1) is 12.2 Å². The van der Waals surface area contributed by atoms with Crippen molar-refractivity contribution in [2.75, 3.05) is 20.3 Å². The highest BCUT2D eigenvalue weighted by Gasteiger charge is 2.39. The van der Waals surface area contributed by atoms with Gasteiger partial charge in [0, 0.05) is 20.3 Å². The number of hydrogen-bond acceptors (Lipinski definition) is 3. The van der Waals surface area contributed by atoms with Crippen molar-refractivity contribution in [2.24, 2.45) is 5.41 Å². The van der Waals surface area contributed by atoms with Crippen LogP contribution < -0.4 is 5.32 Å². The Balaban J connectivity index is 2.68. The zero-order chi connectivity index (χ0) is 14.5. The molecule has 112 valence electrons. The summed E-state index contributed by atoms with van der Waals surface area (Å²) in [6.07, 6.45) is 4.18. The van der Waals surface area contributed by atoms with Gasteiger partial charge in [-0.05, 0) is 24.7 Å². The number of rotatable bonds is 8. The van der Waals surface area contributed by atoms with Crippen molar-refractivity contribution < 1.29 is 9.53 Å². The largest absolute Gasteiger partial charge is 0.385 e. The summed E-state index contributed by atoms with van der Waals surface area (Å²) in [5.74, 6) is 0.270. The molecule has 0 aromatic carbocycles. The van der Waals surface area contributed by atoms with E-state index >= 15 is 0 Å². The molecule has 0 aromatic heterocycles. The lowest BCUT2D eigenvalue weighted by atomic mass is 9.88. The molecule has 0 aromatic rings. The fourth-order valence-electron chi connectivity index (χ4n) is 2.66. The monoisotopic (exact) mass is 270 g/mol. The van der Waals surface area contributed by atoms with Crippen molar-refractivity contribution in [3.05, 3.63) is 0 Å². The Bertz CT molecular complexity index is 292. The van der Waals surface area contributed by atoms with Crippen molar-refractivity contribution in [1.82, 2.24) is 10.2 Å². The van der Waals surface area contributed by atoms with Gasteiger partial charge in [0.25, 0.3) is 0 Å². The molecule has 0 radical (unpaired) electrons. The van der Waals surface area contributed by atoms with Gasteiger partial charge in [-0.2, -0.15) is 0 Å². The molecule has 1 rings (SSSR count). The average molecular weight is 270 g/mol. The molecule has 0 spiro atoms. The van der Waals surface area contributed by atoms with E-state index in [-0.39, 0.29) is 23.5 Å². The molecule has 1 heterocycles. The number of nitrogens with one attached hydrogen (secondary N) is 1. The second-order valence-electron chi connectivity index (χ2n) is 6.31. The van der Waals surface area contributed by atoms with E-state index in [9.17, 15) is 4.79 Å². The topological polar surface area (TPSA) is 41.6 Å². The molecule has 0 bridgehead atoms. The van der Waals surface area contributed by atoms with Crippen LogP contribution in [-0.2, 0) is 9.53 Å². The molecule has 1 fully saturated rings. The Morgan fingerprint density at radius 3 is 2.58 bits per heavy atom. The van der Waals surface area contributed by atoms with Gasteiger partial charge >= 0.3 is 0 Å². The summed E-state index contributed by atoms with van der Waals surface area (Å²) in [5, 5.41) is 3.47. The predicted octanol–water partition coefficient (Wildman–Crippen LogP) is 2.39. The number of carbonyl (C=O) groups is 1. The number of methoxy groups -OCH3 is 1. The molecular weight excluding hydrogens is 240 g/mol. The third kappa shape index (κ3) is 4.46. The molecule has 4 nitrogen and oxygen atoms in total. The van der Waals surface area contributed by atoms with Crippen molar-refractivity contribution in [3.63, 3.8) is 0 Å². The molecule has 1 aliphatic rings. The minimum absolute atomic E-state index is 0.00905. The predicted molar refractivity (Wildman–Crippen MR) is 77.9 cm³/mol. The van der Waals surface area contributed by atoms with Gasteiger partial charge in [-0.3, -0.25) is 10.1 Å². The Kier molecular flexibility index (Phi) is 6.27. The summed E-state index contributed by atoms with van der Waals surface area (Å²) in [6.45, 7) is 10.2. The van der Waals surface area contributed by atoms with Gasteiger partial charge in [0.2, 0.25) is 5.91 Å². The number of ether oxygens (including phenoxy) is 1. The van der Waals surface area contributed by atoms with E-state index < -0.39 is 0 Å². The van der Waals surface area contributed by atoms with E-state index in [4.69, 9.17) is 4.74 Å². The number of carbonyl (C=O) groups excluding carboxylic acids is 1. The van der Waals surface area contributed by atoms with Crippen molar-refractivity contribution in [3.8, 4) is 0 Å². The average Bonchev–Trinajstić information content (AvgIpc) is 2.65. The summed E-state index contributed by atoms with van der Waals surface area (Å²) in [7, 11) is 1.73. The van der Waals surface area contributed by atoms with Crippen molar-refractivity contribution in [1.29, 1.82) is 0 Å². The minimum Gasteiger partial charge on any atom is -0.385 e. The lowest BCUT2D eigenvalue weighted by Crippen LogP contribution is -2.43. The quantitative estimate of drug-likeness (QED) is 0.736. The summed E-state index contributed by atoms with van der Waals surface area (Å²) in [4.78, 5) is 14.5. The molecular formula is C15H30N2O2. The molecule has 1 aliphatic heterocycles. The SMILES string of the molecule is CCCC1NC(CC)C(=O)N1CC(C)(C)CCOC. The summed E-state index contributed by atoms with van der Waals surface area (Å²) >= 11 is 0. The first kappa shape index (κ1) is 16.4. The van der Waals surface area contributed by atoms with E-state index in [0.29, 0.717) is 0 Å². The van der Waals surface area contributed by atoms with Gasteiger partial charge < -0.3 is 9.64 Å². The fraction of sp³-hybridized carbons (Fsp3) is 0.933. The van der Waals surface area contributed by atoms with Crippen LogP contribution in [0.5, 0.6) is 0 Å². The minimum atomic E-state index is 0.00905. The lowest BCUT2D eigenvalue weighted by Gasteiger charge is -2.33. The molecule has 19 heavy (non-hydrogen) atoms. The highest BCUT2D eigenvalue weighted by molar-refractivity contribution is 5.84. The van der Waals surface area contributed by atoms with E-state index in [1.54, 1.807) is 7.11 Å². The van der Waals surface area contributed by atoms with Gasteiger partial charge in [-0.25, -0.2) is 0 Å². The van der Waals surface area contributed by atoms with Crippen LogP contribution in [0.25, 0.3) is 0 Å². The molecule has 2 atom stereocenters. The van der Waals surface area contributed by atoms with Crippen molar-refractivity contribution in [2.45, 2.75) is 65.6 Å². The number of nitrogens with zero attached hydrogens (tertiary/aromatic N) is 1. The van der Waals surface area contributed by atoms with Gasteiger partial charge in [-0.15, -0.1) is 0 Å². The van der Waals surface area contributed by atoms with Gasteiger partial charge in [0.1, 0.15) is 0 Å². The normalized spacial score (nSPS) is 24.3. The second kappa shape index (κ2) is 7.25. The Morgan fingerprint density at radius 1 is 1.37 bits per heavy atom. The Morgan fingerprint density at radius 2 is 2.05 bits per heavy atom. The molecule has 0 saturated carbocycles. The molecule has 1 saturated heterocycles. The maximum absolute atomic E-state index is 12.4. The third-order valence-electron chi connectivity index (χ3n) is 3.90. The molecule has 4 heteroatoms. The first-order valence-corrected chi connectivity index (χ1v) is 7.50. The standard InChI is InChI=1S/C15H30N2O2/c1-6-8-13-16-12(7-2)14(18)17(13)11-15(3,4)9-10-19-5/h12-13,16H,6-11H2,1-5H3. The van der Waals surface area contributed by atoms with Crippen LogP contribution in [0.1, 0.15) is 53.4 Å². The first-order valence-electron chi connectivity index (χ1n) is 7.50. The van der Waals surface area contributed by atoms with Gasteiger partial charge in [-0.1, -0.05) is 34.1 Å². The smallest absolute Gasteiger partial charge is 0.241 e. The van der Waals surface area contributed by atoms with E-state index in [0.717, 1.165) is 38.8 Å².